The van der Waals surface area contributed by atoms with E-state index >= 15 is 0 Å². The van der Waals surface area contributed by atoms with Gasteiger partial charge >= 0.3 is 0 Å². The van der Waals surface area contributed by atoms with Crippen molar-refractivity contribution in [3.63, 3.8) is 0 Å². The molecule has 0 atom stereocenters. The third-order valence-electron chi connectivity index (χ3n) is 10.1. The number of para-hydroxylation sites is 1. The van der Waals surface area contributed by atoms with E-state index in [1.54, 1.807) is 0 Å². The van der Waals surface area contributed by atoms with Gasteiger partial charge in [-0.2, -0.15) is 0 Å². The number of hydrogen-bond donors (Lipinski definition) is 0. The van der Waals surface area contributed by atoms with Crippen LogP contribution in [0.2, 0.25) is 0 Å². The lowest BCUT2D eigenvalue weighted by atomic mass is 9.88. The summed E-state index contributed by atoms with van der Waals surface area (Å²) < 4.78 is 12.7. The second-order valence-electron chi connectivity index (χ2n) is 12.9. The number of aromatic nitrogens is 2. The molecule has 11 aromatic rings. The van der Waals surface area contributed by atoms with Crippen LogP contribution in [0.15, 0.2) is 167 Å². The highest BCUT2D eigenvalue weighted by Crippen LogP contribution is 2.47. The average Bonchev–Trinajstić information content (AvgIpc) is 3.76. The van der Waals surface area contributed by atoms with E-state index in [2.05, 4.69) is 121 Å². The van der Waals surface area contributed by atoms with Crippen molar-refractivity contribution in [2.75, 3.05) is 0 Å². The predicted molar refractivity (Wildman–Crippen MR) is 205 cm³/mol. The number of fused-ring (bicyclic) bond motifs is 6. The molecule has 0 saturated heterocycles. The first-order valence-corrected chi connectivity index (χ1v) is 16.8. The Balaban J connectivity index is 1.18. The van der Waals surface area contributed by atoms with Crippen molar-refractivity contribution < 1.29 is 8.83 Å². The molecule has 0 aliphatic rings. The fourth-order valence-corrected chi connectivity index (χ4v) is 7.84. The van der Waals surface area contributed by atoms with Crippen LogP contribution in [-0.4, -0.2) is 9.97 Å². The molecular weight excluding hydrogens is 613 g/mol. The van der Waals surface area contributed by atoms with Gasteiger partial charge in [-0.15, -0.1) is 0 Å². The highest BCUT2D eigenvalue weighted by atomic mass is 16.3. The molecule has 0 aliphatic heterocycles. The van der Waals surface area contributed by atoms with Crippen molar-refractivity contribution in [1.29, 1.82) is 0 Å². The monoisotopic (exact) mass is 638 g/mol. The fourth-order valence-electron chi connectivity index (χ4n) is 7.84. The third-order valence-corrected chi connectivity index (χ3v) is 10.1. The number of rotatable bonds is 4. The molecule has 0 N–H and O–H groups in total. The molecule has 0 amide bonds. The summed E-state index contributed by atoms with van der Waals surface area (Å²) in [6.45, 7) is 0. The molecule has 232 valence electrons. The molecule has 0 saturated carbocycles. The van der Waals surface area contributed by atoms with Crippen molar-refractivity contribution in [1.82, 2.24) is 9.97 Å². The second-order valence-corrected chi connectivity index (χ2v) is 12.9. The van der Waals surface area contributed by atoms with Gasteiger partial charge in [0.15, 0.2) is 5.82 Å². The average molecular weight is 639 g/mol. The van der Waals surface area contributed by atoms with E-state index in [9.17, 15) is 0 Å². The van der Waals surface area contributed by atoms with Gasteiger partial charge in [-0.1, -0.05) is 115 Å². The molecule has 3 heterocycles. The maximum Gasteiger partial charge on any atom is 0.161 e. The topological polar surface area (TPSA) is 52.1 Å². The maximum atomic E-state index is 6.44. The smallest absolute Gasteiger partial charge is 0.161 e. The molecule has 0 unspecified atom stereocenters. The molecule has 0 fully saturated rings. The van der Waals surface area contributed by atoms with E-state index in [1.165, 1.54) is 26.9 Å². The first-order valence-electron chi connectivity index (χ1n) is 16.8. The molecule has 11 rings (SSSR count). The highest BCUT2D eigenvalue weighted by molar-refractivity contribution is 6.35. The van der Waals surface area contributed by atoms with E-state index < -0.39 is 0 Å². The SMILES string of the molecule is c1ccc(-c2cc(-c3ccc4c(c3)oc3ccccc34)nc(-c3ccccc3-c3ccc4oc5cccc6c7ccccc7c3c4c56)n2)cc1. The Labute approximate surface area is 286 Å². The third kappa shape index (κ3) is 3.93. The van der Waals surface area contributed by atoms with E-state index in [1.807, 2.05) is 36.4 Å². The van der Waals surface area contributed by atoms with Crippen molar-refractivity contribution in [2.24, 2.45) is 0 Å². The summed E-state index contributed by atoms with van der Waals surface area (Å²) in [7, 11) is 0. The van der Waals surface area contributed by atoms with Gasteiger partial charge in [-0.3, -0.25) is 0 Å². The minimum absolute atomic E-state index is 0.663. The quantitative estimate of drug-likeness (QED) is 0.180. The minimum Gasteiger partial charge on any atom is -0.456 e. The molecular formula is C46H26N2O2. The molecule has 50 heavy (non-hydrogen) atoms. The van der Waals surface area contributed by atoms with Crippen LogP contribution >= 0.6 is 0 Å². The number of hydrogen-bond acceptors (Lipinski definition) is 4. The van der Waals surface area contributed by atoms with Gasteiger partial charge < -0.3 is 8.83 Å². The molecule has 0 bridgehead atoms. The minimum atomic E-state index is 0.663. The van der Waals surface area contributed by atoms with Crippen LogP contribution < -0.4 is 0 Å². The van der Waals surface area contributed by atoms with E-state index in [-0.39, 0.29) is 0 Å². The van der Waals surface area contributed by atoms with Crippen molar-refractivity contribution >= 4 is 65.4 Å². The van der Waals surface area contributed by atoms with Crippen molar-refractivity contribution in [3.8, 4) is 45.0 Å². The fraction of sp³-hybridized carbons (Fsp3) is 0. The zero-order valence-electron chi connectivity index (χ0n) is 26.7. The lowest BCUT2D eigenvalue weighted by Gasteiger charge is -2.16. The normalized spacial score (nSPS) is 12.0. The van der Waals surface area contributed by atoms with Crippen LogP contribution in [-0.2, 0) is 0 Å². The zero-order valence-corrected chi connectivity index (χ0v) is 26.7. The first-order chi connectivity index (χ1) is 24.8. The van der Waals surface area contributed by atoms with Crippen LogP contribution in [0.3, 0.4) is 0 Å². The van der Waals surface area contributed by atoms with Gasteiger partial charge in [-0.25, -0.2) is 9.97 Å². The lowest BCUT2D eigenvalue weighted by Crippen LogP contribution is -1.98. The van der Waals surface area contributed by atoms with Crippen LogP contribution in [0.5, 0.6) is 0 Å². The Morgan fingerprint density at radius 3 is 1.82 bits per heavy atom. The van der Waals surface area contributed by atoms with Gasteiger partial charge in [0.25, 0.3) is 0 Å². The van der Waals surface area contributed by atoms with Crippen molar-refractivity contribution in [2.45, 2.75) is 0 Å². The molecule has 8 aromatic carbocycles. The Morgan fingerprint density at radius 1 is 0.320 bits per heavy atom. The van der Waals surface area contributed by atoms with E-state index in [0.29, 0.717) is 5.82 Å². The second kappa shape index (κ2) is 10.4. The predicted octanol–water partition coefficient (Wildman–Crippen LogP) is 12.7. The maximum absolute atomic E-state index is 6.44. The van der Waals surface area contributed by atoms with Crippen LogP contribution in [0, 0.1) is 0 Å². The first kappa shape index (κ1) is 27.2. The van der Waals surface area contributed by atoms with Crippen LogP contribution in [0.1, 0.15) is 0 Å². The van der Waals surface area contributed by atoms with Gasteiger partial charge in [0.05, 0.1) is 11.4 Å². The molecule has 0 spiro atoms. The lowest BCUT2D eigenvalue weighted by molar-refractivity contribution is 0.669. The molecule has 3 aromatic heterocycles. The summed E-state index contributed by atoms with van der Waals surface area (Å²) >= 11 is 0. The Hall–Kier alpha value is -6.78. The van der Waals surface area contributed by atoms with Crippen molar-refractivity contribution in [3.05, 3.63) is 158 Å². The molecule has 4 nitrogen and oxygen atoms in total. The van der Waals surface area contributed by atoms with E-state index in [0.717, 1.165) is 77.7 Å². The number of nitrogens with zero attached hydrogens (tertiary/aromatic N) is 2. The standard InChI is InChI=1S/C46H26N2O2/c1-2-11-27(12-3-1)37-26-38(28-21-22-32-31-15-8-9-19-39(31)49-42(32)25-28)48-46(47-37)36-17-7-5-14-30(36)35-23-24-41-45-43(35)33-16-6-4-13-29(33)34-18-10-20-40(50-41)44(34)45/h1-26H. The molecule has 0 aliphatic carbocycles. The van der Waals surface area contributed by atoms with E-state index in [4.69, 9.17) is 18.8 Å². The van der Waals surface area contributed by atoms with Gasteiger partial charge in [0.1, 0.15) is 22.3 Å². The summed E-state index contributed by atoms with van der Waals surface area (Å²) in [5, 5.41) is 9.31. The van der Waals surface area contributed by atoms with Crippen LogP contribution in [0.25, 0.3) is 110 Å². The van der Waals surface area contributed by atoms with Crippen LogP contribution in [0.4, 0.5) is 0 Å². The summed E-state index contributed by atoms with van der Waals surface area (Å²) in [5.41, 5.74) is 10.4. The summed E-state index contributed by atoms with van der Waals surface area (Å²) in [4.78, 5) is 10.5. The van der Waals surface area contributed by atoms with Gasteiger partial charge in [0.2, 0.25) is 0 Å². The van der Waals surface area contributed by atoms with Gasteiger partial charge in [-0.05, 0) is 69.8 Å². The summed E-state index contributed by atoms with van der Waals surface area (Å²) in [6, 6.07) is 54.7. The molecule has 4 heteroatoms. The van der Waals surface area contributed by atoms with Gasteiger partial charge in [0, 0.05) is 43.6 Å². The zero-order chi connectivity index (χ0) is 32.8. The summed E-state index contributed by atoms with van der Waals surface area (Å²) in [5.74, 6) is 0.663. The largest absolute Gasteiger partial charge is 0.456 e. The Kier molecular flexibility index (Phi) is 5.63. The number of benzene rings is 8. The summed E-state index contributed by atoms with van der Waals surface area (Å²) in [6.07, 6.45) is 0. The Bertz CT molecular complexity index is 3100. The number of furan rings is 2. The molecule has 0 radical (unpaired) electrons. The Morgan fingerprint density at radius 2 is 0.940 bits per heavy atom. The highest BCUT2D eigenvalue weighted by Gasteiger charge is 2.22.